The molecule has 2 heterocycles. The van der Waals surface area contributed by atoms with E-state index in [1.807, 2.05) is 0 Å². The van der Waals surface area contributed by atoms with E-state index in [0.717, 1.165) is 4.57 Å². The van der Waals surface area contributed by atoms with E-state index in [1.54, 1.807) is 41.5 Å². The van der Waals surface area contributed by atoms with Gasteiger partial charge in [-0.05, 0) is 48.5 Å². The van der Waals surface area contributed by atoms with Crippen LogP contribution in [0.25, 0.3) is 0 Å². The number of aryl methyl sites for hydroxylation is 1. The van der Waals surface area contributed by atoms with E-state index < -0.39 is 53.1 Å². The third-order valence-electron chi connectivity index (χ3n) is 4.53. The van der Waals surface area contributed by atoms with Gasteiger partial charge in [-0.2, -0.15) is 4.57 Å². The van der Waals surface area contributed by atoms with Crippen molar-refractivity contribution in [2.45, 2.75) is 84.5 Å². The smallest absolute Gasteiger partial charge is 0.443 e. The van der Waals surface area contributed by atoms with Gasteiger partial charge < -0.3 is 28.8 Å². The van der Waals surface area contributed by atoms with Gasteiger partial charge in [0.15, 0.2) is 0 Å². The van der Waals surface area contributed by atoms with E-state index in [2.05, 4.69) is 0 Å². The van der Waals surface area contributed by atoms with Crippen molar-refractivity contribution < 1.29 is 38.4 Å². The molecular formula is C22H34N2O10. The highest BCUT2D eigenvalue weighted by molar-refractivity contribution is 5.70. The van der Waals surface area contributed by atoms with Gasteiger partial charge in [-0.15, -0.1) is 0 Å². The van der Waals surface area contributed by atoms with Crippen LogP contribution >= 0.6 is 0 Å². The third-order valence-corrected chi connectivity index (χ3v) is 4.53. The second-order valence-corrected chi connectivity index (χ2v) is 9.90. The lowest BCUT2D eigenvalue weighted by atomic mass is 10.2. The highest BCUT2D eigenvalue weighted by Gasteiger charge is 2.39. The lowest BCUT2D eigenvalue weighted by molar-refractivity contribution is -0.0830. The summed E-state index contributed by atoms with van der Waals surface area (Å²) >= 11 is 0. The van der Waals surface area contributed by atoms with Crippen molar-refractivity contribution in [3.63, 3.8) is 0 Å². The van der Waals surface area contributed by atoms with Gasteiger partial charge in [0.2, 0.25) is 0 Å². The minimum absolute atomic E-state index is 0.00494. The van der Waals surface area contributed by atoms with Crippen molar-refractivity contribution in [3.05, 3.63) is 32.6 Å². The standard InChI is InChI=1S/C22H34N2O10/c1-13-11-23(18(27)24(17(13)26)19(28)33-21(2,3)4)16-10-14(30-9-8-25)15(32-16)12-31-20(29)34-22(5,6)7/h11,14-16,25H,8-10,12H2,1-7H3/t14-,15?,16?/m0/s1. The summed E-state index contributed by atoms with van der Waals surface area (Å²) in [6.45, 7) is 10.9. The van der Waals surface area contributed by atoms with E-state index in [0.29, 0.717) is 4.57 Å². The Labute approximate surface area is 197 Å². The van der Waals surface area contributed by atoms with E-state index in [4.69, 9.17) is 28.8 Å². The summed E-state index contributed by atoms with van der Waals surface area (Å²) in [4.78, 5) is 50.1. The molecule has 1 aromatic rings. The number of rotatable bonds is 6. The number of aromatic nitrogens is 2. The molecule has 2 unspecified atom stereocenters. The number of ether oxygens (including phenoxy) is 5. The first kappa shape index (κ1) is 27.5. The summed E-state index contributed by atoms with van der Waals surface area (Å²) in [5, 5.41) is 9.13. The van der Waals surface area contributed by atoms with Gasteiger partial charge in [0.1, 0.15) is 30.1 Å². The molecule has 2 rings (SSSR count). The number of aliphatic hydroxyl groups is 1. The summed E-state index contributed by atoms with van der Waals surface area (Å²) < 4.78 is 28.5. The minimum atomic E-state index is -1.10. The summed E-state index contributed by atoms with van der Waals surface area (Å²) in [5.41, 5.74) is -3.29. The Balaban J connectivity index is 2.30. The first-order chi connectivity index (χ1) is 15.6. The Morgan fingerprint density at radius 1 is 1.12 bits per heavy atom. The highest BCUT2D eigenvalue weighted by atomic mass is 16.7. The maximum absolute atomic E-state index is 13.1. The molecule has 1 saturated heterocycles. The molecule has 12 heteroatoms. The fourth-order valence-electron chi connectivity index (χ4n) is 3.20. The highest BCUT2D eigenvalue weighted by Crippen LogP contribution is 2.30. The number of carbonyl (C=O) groups excluding carboxylic acids is 2. The van der Waals surface area contributed by atoms with E-state index in [-0.39, 0.29) is 31.8 Å². The van der Waals surface area contributed by atoms with Gasteiger partial charge in [-0.25, -0.2) is 14.4 Å². The number of hydrogen-bond acceptors (Lipinski definition) is 10. The quantitative estimate of drug-likeness (QED) is 0.590. The number of carbonyl (C=O) groups is 2. The van der Waals surface area contributed by atoms with Gasteiger partial charge >= 0.3 is 17.9 Å². The van der Waals surface area contributed by atoms with Crippen LogP contribution in [0.4, 0.5) is 9.59 Å². The Morgan fingerprint density at radius 2 is 1.74 bits per heavy atom. The van der Waals surface area contributed by atoms with Crippen LogP contribution in [0, 0.1) is 6.92 Å². The molecule has 0 radical (unpaired) electrons. The molecular weight excluding hydrogens is 452 g/mol. The average molecular weight is 487 g/mol. The third kappa shape index (κ3) is 7.40. The Bertz CT molecular complexity index is 999. The number of hydrogen-bond donors (Lipinski definition) is 1. The fraction of sp³-hybridized carbons (Fsp3) is 0.727. The zero-order valence-corrected chi connectivity index (χ0v) is 20.7. The summed E-state index contributed by atoms with van der Waals surface area (Å²) in [6, 6.07) is 0. The second-order valence-electron chi connectivity index (χ2n) is 9.90. The van der Waals surface area contributed by atoms with Crippen LogP contribution in [0.15, 0.2) is 15.8 Å². The molecule has 0 aromatic carbocycles. The molecule has 1 aliphatic heterocycles. The first-order valence-corrected chi connectivity index (χ1v) is 10.9. The van der Waals surface area contributed by atoms with Gasteiger partial charge in [-0.3, -0.25) is 9.36 Å². The summed E-state index contributed by atoms with van der Waals surface area (Å²) in [7, 11) is 0. The summed E-state index contributed by atoms with van der Waals surface area (Å²) in [6.07, 6.45) is -2.95. The predicted molar refractivity (Wildman–Crippen MR) is 119 cm³/mol. The molecule has 192 valence electrons. The Morgan fingerprint density at radius 3 is 2.29 bits per heavy atom. The van der Waals surface area contributed by atoms with Crippen LogP contribution in [0.2, 0.25) is 0 Å². The van der Waals surface area contributed by atoms with Gasteiger partial charge in [0.05, 0.1) is 19.3 Å². The lowest BCUT2D eigenvalue weighted by Crippen LogP contribution is -2.47. The number of nitrogens with zero attached hydrogens (tertiary/aromatic N) is 2. The molecule has 3 atom stereocenters. The van der Waals surface area contributed by atoms with Crippen LogP contribution in [-0.2, 0) is 23.7 Å². The van der Waals surface area contributed by atoms with Crippen LogP contribution in [0.3, 0.4) is 0 Å². The van der Waals surface area contributed by atoms with Crippen molar-refractivity contribution in [1.29, 1.82) is 0 Å². The molecule has 1 aliphatic rings. The van der Waals surface area contributed by atoms with Crippen molar-refractivity contribution in [1.82, 2.24) is 9.13 Å². The minimum Gasteiger partial charge on any atom is -0.443 e. The second kappa shape index (κ2) is 10.7. The van der Waals surface area contributed by atoms with Crippen molar-refractivity contribution >= 4 is 12.2 Å². The fourth-order valence-corrected chi connectivity index (χ4v) is 3.20. The maximum Gasteiger partial charge on any atom is 0.508 e. The normalized spacial score (nSPS) is 20.8. The molecule has 1 N–H and O–H groups in total. The molecule has 0 amide bonds. The van der Waals surface area contributed by atoms with Gasteiger partial charge in [0, 0.05) is 18.2 Å². The molecule has 0 spiro atoms. The van der Waals surface area contributed by atoms with Crippen LogP contribution in [0.5, 0.6) is 0 Å². The van der Waals surface area contributed by atoms with Crippen LogP contribution in [-0.4, -0.2) is 69.7 Å². The first-order valence-electron chi connectivity index (χ1n) is 10.9. The molecule has 1 aromatic heterocycles. The Kier molecular flexibility index (Phi) is 8.67. The van der Waals surface area contributed by atoms with E-state index >= 15 is 0 Å². The largest absolute Gasteiger partial charge is 0.508 e. The lowest BCUT2D eigenvalue weighted by Gasteiger charge is -2.22. The monoisotopic (exact) mass is 486 g/mol. The predicted octanol–water partition coefficient (Wildman–Crippen LogP) is 1.72. The zero-order chi connectivity index (χ0) is 25.8. The van der Waals surface area contributed by atoms with Crippen LogP contribution in [0.1, 0.15) is 59.8 Å². The molecule has 0 saturated carbocycles. The van der Waals surface area contributed by atoms with Gasteiger partial charge in [-0.1, -0.05) is 0 Å². The SMILES string of the molecule is Cc1cn(C2C[C@H](OCCO)C(COC(=O)OC(C)(C)C)O2)c(=O)n(C(=O)OC(C)(C)C)c1=O. The van der Waals surface area contributed by atoms with Crippen molar-refractivity contribution in [2.75, 3.05) is 19.8 Å². The Hall–Kier alpha value is -2.70. The van der Waals surface area contributed by atoms with Gasteiger partial charge in [0.25, 0.3) is 5.56 Å². The maximum atomic E-state index is 13.1. The summed E-state index contributed by atoms with van der Waals surface area (Å²) in [5.74, 6) is 0. The molecule has 0 aliphatic carbocycles. The van der Waals surface area contributed by atoms with E-state index in [1.165, 1.54) is 13.1 Å². The zero-order valence-electron chi connectivity index (χ0n) is 20.7. The van der Waals surface area contributed by atoms with Crippen molar-refractivity contribution in [2.24, 2.45) is 0 Å². The molecule has 0 bridgehead atoms. The van der Waals surface area contributed by atoms with E-state index in [9.17, 15) is 19.2 Å². The molecule has 12 nitrogen and oxygen atoms in total. The average Bonchev–Trinajstić information content (AvgIpc) is 3.07. The van der Waals surface area contributed by atoms with Crippen LogP contribution < -0.4 is 11.2 Å². The van der Waals surface area contributed by atoms with Crippen molar-refractivity contribution in [3.8, 4) is 0 Å². The molecule has 34 heavy (non-hydrogen) atoms. The number of aliphatic hydroxyl groups excluding tert-OH is 1. The topological polar surface area (TPSA) is 145 Å². The molecule has 1 fully saturated rings.